The van der Waals surface area contributed by atoms with Gasteiger partial charge in [-0.25, -0.2) is 0 Å². The van der Waals surface area contributed by atoms with Gasteiger partial charge in [-0.1, -0.05) is 12.1 Å². The van der Waals surface area contributed by atoms with Crippen LogP contribution in [0.3, 0.4) is 0 Å². The number of alkyl halides is 2. The number of ether oxygens (including phenoxy) is 2. The quantitative estimate of drug-likeness (QED) is 0.798. The van der Waals surface area contributed by atoms with E-state index in [-0.39, 0.29) is 18.4 Å². The summed E-state index contributed by atoms with van der Waals surface area (Å²) in [6.07, 6.45) is -0.216. The molecular formula is C12H15F2NO3. The number of hydrogen-bond donors (Lipinski definition) is 1. The second-order valence-electron chi connectivity index (χ2n) is 3.77. The van der Waals surface area contributed by atoms with E-state index in [4.69, 9.17) is 4.74 Å². The molecule has 0 aromatic heterocycles. The molecule has 0 aliphatic carbocycles. The highest BCUT2D eigenvalue weighted by atomic mass is 19.3. The molecular weight excluding hydrogens is 244 g/mol. The fourth-order valence-electron chi connectivity index (χ4n) is 1.28. The van der Waals surface area contributed by atoms with E-state index >= 15 is 0 Å². The molecule has 1 N–H and O–H groups in total. The first kappa shape index (κ1) is 14.2. The molecule has 0 atom stereocenters. The Kier molecular flexibility index (Phi) is 5.35. The van der Waals surface area contributed by atoms with Gasteiger partial charge in [0, 0.05) is 0 Å². The number of rotatable bonds is 6. The Morgan fingerprint density at radius 3 is 2.61 bits per heavy atom. The van der Waals surface area contributed by atoms with Crippen molar-refractivity contribution in [3.8, 4) is 5.75 Å². The number of benzene rings is 1. The van der Waals surface area contributed by atoms with Crippen molar-refractivity contribution in [3.05, 3.63) is 24.3 Å². The van der Waals surface area contributed by atoms with Gasteiger partial charge in [0.15, 0.2) is 0 Å². The van der Waals surface area contributed by atoms with Crippen LogP contribution in [0.15, 0.2) is 24.3 Å². The highest BCUT2D eigenvalue weighted by Crippen LogP contribution is 2.25. The number of nitrogens with one attached hydrogen (secondary N) is 1. The highest BCUT2D eigenvalue weighted by Gasteiger charge is 2.10. The number of esters is 1. The molecule has 18 heavy (non-hydrogen) atoms. The Hall–Kier alpha value is -1.85. The summed E-state index contributed by atoms with van der Waals surface area (Å²) in [4.78, 5) is 11.3. The van der Waals surface area contributed by atoms with E-state index in [2.05, 4.69) is 10.1 Å². The van der Waals surface area contributed by atoms with E-state index in [1.165, 1.54) is 6.07 Å². The van der Waals surface area contributed by atoms with E-state index in [0.29, 0.717) is 5.69 Å². The molecule has 0 bridgehead atoms. The maximum atomic E-state index is 12.1. The van der Waals surface area contributed by atoms with E-state index in [9.17, 15) is 13.6 Å². The lowest BCUT2D eigenvalue weighted by Crippen LogP contribution is -2.20. The maximum Gasteiger partial charge on any atom is 0.387 e. The minimum absolute atomic E-state index is 0.00940. The van der Waals surface area contributed by atoms with Crippen molar-refractivity contribution >= 4 is 11.7 Å². The van der Waals surface area contributed by atoms with Gasteiger partial charge >= 0.3 is 12.6 Å². The number of anilines is 1. The fraction of sp³-hybridized carbons (Fsp3) is 0.417. The molecule has 1 aromatic rings. The van der Waals surface area contributed by atoms with Crippen molar-refractivity contribution in [2.24, 2.45) is 0 Å². The van der Waals surface area contributed by atoms with Crippen molar-refractivity contribution in [1.82, 2.24) is 0 Å². The molecule has 0 fully saturated rings. The monoisotopic (exact) mass is 259 g/mol. The van der Waals surface area contributed by atoms with Gasteiger partial charge in [-0.05, 0) is 26.0 Å². The van der Waals surface area contributed by atoms with E-state index in [1.54, 1.807) is 32.0 Å². The lowest BCUT2D eigenvalue weighted by molar-refractivity contribution is -0.145. The van der Waals surface area contributed by atoms with Crippen LogP contribution in [0.5, 0.6) is 5.75 Å². The van der Waals surface area contributed by atoms with Crippen LogP contribution < -0.4 is 10.1 Å². The molecule has 0 spiro atoms. The van der Waals surface area contributed by atoms with Crippen molar-refractivity contribution < 1.29 is 23.0 Å². The zero-order valence-corrected chi connectivity index (χ0v) is 10.2. The number of halogens is 2. The first-order valence-electron chi connectivity index (χ1n) is 5.46. The third-order valence-electron chi connectivity index (χ3n) is 1.89. The van der Waals surface area contributed by atoms with Gasteiger partial charge < -0.3 is 14.8 Å². The van der Waals surface area contributed by atoms with E-state index in [0.717, 1.165) is 0 Å². The number of para-hydroxylation sites is 2. The van der Waals surface area contributed by atoms with Crippen molar-refractivity contribution in [3.63, 3.8) is 0 Å². The standard InChI is InChI=1S/C12H15F2NO3/c1-8(2)17-11(16)7-15-9-5-3-4-6-10(9)18-12(13)14/h3-6,8,12,15H,7H2,1-2H3. The zero-order valence-electron chi connectivity index (χ0n) is 10.2. The maximum absolute atomic E-state index is 12.1. The summed E-state index contributed by atoms with van der Waals surface area (Å²) in [5.74, 6) is -0.471. The van der Waals surface area contributed by atoms with Crippen LogP contribution in [0.1, 0.15) is 13.8 Å². The summed E-state index contributed by atoms with van der Waals surface area (Å²) >= 11 is 0. The molecule has 0 heterocycles. The second kappa shape index (κ2) is 6.78. The molecule has 100 valence electrons. The summed E-state index contributed by atoms with van der Waals surface area (Å²) < 4.78 is 33.5. The Labute approximate surface area is 104 Å². The molecule has 0 radical (unpaired) electrons. The van der Waals surface area contributed by atoms with E-state index in [1.807, 2.05) is 0 Å². The average Bonchev–Trinajstić information content (AvgIpc) is 2.26. The number of hydrogen-bond acceptors (Lipinski definition) is 4. The minimum atomic E-state index is -2.91. The molecule has 0 unspecified atom stereocenters. The normalized spacial score (nSPS) is 10.6. The predicted octanol–water partition coefficient (Wildman–Crippen LogP) is 2.65. The predicted molar refractivity (Wildman–Crippen MR) is 62.8 cm³/mol. The molecule has 0 aliphatic rings. The van der Waals surface area contributed by atoms with Crippen LogP contribution in [0.2, 0.25) is 0 Å². The van der Waals surface area contributed by atoms with Crippen molar-refractivity contribution in [2.45, 2.75) is 26.6 Å². The Balaban J connectivity index is 2.58. The van der Waals surface area contributed by atoms with Gasteiger partial charge in [0.25, 0.3) is 0 Å². The Morgan fingerprint density at radius 1 is 1.33 bits per heavy atom. The van der Waals surface area contributed by atoms with Crippen LogP contribution in [0.4, 0.5) is 14.5 Å². The van der Waals surface area contributed by atoms with Gasteiger partial charge in [0.2, 0.25) is 0 Å². The number of carbonyl (C=O) groups is 1. The molecule has 1 rings (SSSR count). The van der Waals surface area contributed by atoms with Crippen LogP contribution in [-0.2, 0) is 9.53 Å². The summed E-state index contributed by atoms with van der Waals surface area (Å²) in [6.45, 7) is 0.440. The summed E-state index contributed by atoms with van der Waals surface area (Å²) in [6, 6.07) is 6.15. The summed E-state index contributed by atoms with van der Waals surface area (Å²) in [7, 11) is 0. The molecule has 0 saturated heterocycles. The summed E-state index contributed by atoms with van der Waals surface area (Å²) in [5, 5.41) is 2.69. The van der Waals surface area contributed by atoms with Gasteiger partial charge in [-0.3, -0.25) is 4.79 Å². The molecule has 6 heteroatoms. The molecule has 4 nitrogen and oxygen atoms in total. The third kappa shape index (κ3) is 4.99. The van der Waals surface area contributed by atoms with Gasteiger partial charge in [-0.2, -0.15) is 8.78 Å². The van der Waals surface area contributed by atoms with Crippen molar-refractivity contribution in [1.29, 1.82) is 0 Å². The number of carbonyl (C=O) groups excluding carboxylic acids is 1. The third-order valence-corrected chi connectivity index (χ3v) is 1.89. The van der Waals surface area contributed by atoms with E-state index < -0.39 is 12.6 Å². The van der Waals surface area contributed by atoms with Crippen molar-refractivity contribution in [2.75, 3.05) is 11.9 Å². The fourth-order valence-corrected chi connectivity index (χ4v) is 1.28. The van der Waals surface area contributed by atoms with Crippen LogP contribution in [0.25, 0.3) is 0 Å². The second-order valence-corrected chi connectivity index (χ2v) is 3.77. The topological polar surface area (TPSA) is 47.6 Å². The van der Waals surface area contributed by atoms with Crippen LogP contribution in [0, 0.1) is 0 Å². The first-order valence-corrected chi connectivity index (χ1v) is 5.46. The van der Waals surface area contributed by atoms with Gasteiger partial charge in [0.1, 0.15) is 12.3 Å². The first-order chi connectivity index (χ1) is 8.49. The molecule has 0 amide bonds. The molecule has 0 aliphatic heterocycles. The smallest absolute Gasteiger partial charge is 0.387 e. The van der Waals surface area contributed by atoms with Gasteiger partial charge in [-0.15, -0.1) is 0 Å². The molecule has 0 saturated carbocycles. The molecule has 1 aromatic carbocycles. The lowest BCUT2D eigenvalue weighted by Gasteiger charge is -2.13. The Morgan fingerprint density at radius 2 is 2.00 bits per heavy atom. The summed E-state index contributed by atoms with van der Waals surface area (Å²) in [5.41, 5.74) is 0.318. The SMILES string of the molecule is CC(C)OC(=O)CNc1ccccc1OC(F)F. The zero-order chi connectivity index (χ0) is 13.5. The largest absolute Gasteiger partial charge is 0.462 e. The average molecular weight is 259 g/mol. The minimum Gasteiger partial charge on any atom is -0.462 e. The van der Waals surface area contributed by atoms with Gasteiger partial charge in [0.05, 0.1) is 11.8 Å². The Bertz CT molecular complexity index is 397. The highest BCUT2D eigenvalue weighted by molar-refractivity contribution is 5.76. The van der Waals surface area contributed by atoms with Crippen LogP contribution >= 0.6 is 0 Å². The lowest BCUT2D eigenvalue weighted by atomic mass is 10.3. The van der Waals surface area contributed by atoms with Crippen LogP contribution in [-0.4, -0.2) is 25.2 Å².